The lowest BCUT2D eigenvalue weighted by Gasteiger charge is -2.16. The van der Waals surface area contributed by atoms with E-state index in [2.05, 4.69) is 20.6 Å². The summed E-state index contributed by atoms with van der Waals surface area (Å²) < 4.78 is 1.51. The number of hydrogen-bond acceptors (Lipinski definition) is 4. The highest BCUT2D eigenvalue weighted by Crippen LogP contribution is 2.29. The Bertz CT molecular complexity index is 959. The second-order valence-corrected chi connectivity index (χ2v) is 7.74. The molecule has 3 aromatic rings. The lowest BCUT2D eigenvalue weighted by atomic mass is 10.1. The third-order valence-corrected chi connectivity index (χ3v) is 5.30. The van der Waals surface area contributed by atoms with Gasteiger partial charge < -0.3 is 5.32 Å². The van der Waals surface area contributed by atoms with Crippen molar-refractivity contribution < 1.29 is 4.79 Å². The van der Waals surface area contributed by atoms with Crippen LogP contribution in [0.15, 0.2) is 30.6 Å². The summed E-state index contributed by atoms with van der Waals surface area (Å²) in [5, 5.41) is 16.5. The fourth-order valence-corrected chi connectivity index (χ4v) is 4.07. The third kappa shape index (κ3) is 4.06. The van der Waals surface area contributed by atoms with E-state index in [1.54, 1.807) is 24.3 Å². The average Bonchev–Trinajstić information content (AvgIpc) is 2.96. The summed E-state index contributed by atoms with van der Waals surface area (Å²) in [7, 11) is 0. The van der Waals surface area contributed by atoms with E-state index >= 15 is 0 Å². The van der Waals surface area contributed by atoms with Gasteiger partial charge in [-0.05, 0) is 42.7 Å². The van der Waals surface area contributed by atoms with E-state index in [1.165, 1.54) is 23.7 Å². The lowest BCUT2D eigenvalue weighted by Crippen LogP contribution is -2.35. The van der Waals surface area contributed by atoms with Gasteiger partial charge >= 0.3 is 0 Å². The molecule has 6 nitrogen and oxygen atoms in total. The van der Waals surface area contributed by atoms with Crippen molar-refractivity contribution in [1.29, 1.82) is 0 Å². The van der Waals surface area contributed by atoms with Gasteiger partial charge in [-0.3, -0.25) is 4.79 Å². The molecule has 140 valence electrons. The highest BCUT2D eigenvalue weighted by molar-refractivity contribution is 6.35. The van der Waals surface area contributed by atoms with E-state index in [1.807, 2.05) is 0 Å². The topological polar surface area (TPSA) is 72.2 Å². The van der Waals surface area contributed by atoms with E-state index in [0.717, 1.165) is 31.2 Å². The van der Waals surface area contributed by atoms with Crippen LogP contribution in [0.4, 0.5) is 0 Å². The van der Waals surface area contributed by atoms with Crippen molar-refractivity contribution in [3.8, 4) is 11.1 Å². The molecule has 4 rings (SSSR count). The Labute approximate surface area is 166 Å². The predicted octanol–water partition coefficient (Wildman–Crippen LogP) is 4.55. The van der Waals surface area contributed by atoms with Crippen LogP contribution in [0.1, 0.15) is 49.0 Å². The number of carbonyl (C=O) groups excluding carboxylic acids is 1. The molecule has 1 N–H and O–H groups in total. The molecule has 0 atom stereocenters. The van der Waals surface area contributed by atoms with Gasteiger partial charge in [-0.25, -0.2) is 0 Å². The van der Waals surface area contributed by atoms with Gasteiger partial charge in [-0.15, -0.1) is 10.2 Å². The number of nitrogens with one attached hydrogen (secondary N) is 1. The van der Waals surface area contributed by atoms with E-state index < -0.39 is 0 Å². The van der Waals surface area contributed by atoms with Gasteiger partial charge in [0.05, 0.1) is 0 Å². The van der Waals surface area contributed by atoms with Crippen molar-refractivity contribution in [2.45, 2.75) is 44.6 Å². The quantitative estimate of drug-likeness (QED) is 0.650. The first kappa shape index (κ1) is 18.2. The fraction of sp³-hybridized carbons (Fsp3) is 0.368. The van der Waals surface area contributed by atoms with Gasteiger partial charge in [0.15, 0.2) is 5.65 Å². The highest BCUT2D eigenvalue weighted by Gasteiger charge is 2.19. The van der Waals surface area contributed by atoms with Gasteiger partial charge in [0, 0.05) is 21.7 Å². The Kier molecular flexibility index (Phi) is 5.27. The van der Waals surface area contributed by atoms with Gasteiger partial charge in [0.1, 0.15) is 12.0 Å². The Morgan fingerprint density at radius 3 is 2.44 bits per heavy atom. The number of halogens is 2. The van der Waals surface area contributed by atoms with E-state index in [9.17, 15) is 4.79 Å². The maximum absolute atomic E-state index is 12.8. The molecule has 0 radical (unpaired) electrons. The molecule has 8 heteroatoms. The normalized spacial score (nSPS) is 15.6. The Morgan fingerprint density at radius 1 is 1.04 bits per heavy atom. The SMILES string of the molecule is O=C(NC1CCCCCC1)c1cc(-c2cc(Cl)cc(Cl)c2)c2nncn2n1. The zero-order valence-electron chi connectivity index (χ0n) is 14.7. The molecule has 0 unspecified atom stereocenters. The Balaban J connectivity index is 1.70. The Morgan fingerprint density at radius 2 is 1.74 bits per heavy atom. The standard InChI is InChI=1S/C19H19Cl2N5O/c20-13-7-12(8-14(21)9-13)16-10-17(25-26-11-22-24-18(16)26)19(27)23-15-5-3-1-2-4-6-15/h7-11,15H,1-6H2,(H,23,27). The van der Waals surface area contributed by atoms with Crippen LogP contribution in [0.5, 0.6) is 0 Å². The molecular weight excluding hydrogens is 385 g/mol. The van der Waals surface area contributed by atoms with Crippen LogP contribution in [-0.2, 0) is 0 Å². The molecule has 1 aromatic carbocycles. The molecule has 2 aromatic heterocycles. The van der Waals surface area contributed by atoms with Crippen LogP contribution in [0.3, 0.4) is 0 Å². The number of amides is 1. The Hall–Kier alpha value is -2.18. The molecule has 1 saturated carbocycles. The molecule has 0 saturated heterocycles. The first-order valence-electron chi connectivity index (χ1n) is 9.08. The molecule has 2 heterocycles. The summed E-state index contributed by atoms with van der Waals surface area (Å²) in [6, 6.07) is 7.14. The molecule has 0 bridgehead atoms. The molecular formula is C19H19Cl2N5O. The van der Waals surface area contributed by atoms with E-state index in [4.69, 9.17) is 23.2 Å². The minimum Gasteiger partial charge on any atom is -0.348 e. The van der Waals surface area contributed by atoms with Crippen molar-refractivity contribution in [3.05, 3.63) is 46.3 Å². The minimum atomic E-state index is -0.188. The fourth-order valence-electron chi connectivity index (χ4n) is 3.54. The summed E-state index contributed by atoms with van der Waals surface area (Å²) in [4.78, 5) is 12.8. The number of nitrogens with zero attached hydrogens (tertiary/aromatic N) is 4. The second kappa shape index (κ2) is 7.82. The maximum atomic E-state index is 12.8. The van der Waals surface area contributed by atoms with Crippen molar-refractivity contribution >= 4 is 34.8 Å². The van der Waals surface area contributed by atoms with Crippen LogP contribution in [-0.4, -0.2) is 31.8 Å². The van der Waals surface area contributed by atoms with Crippen LogP contribution in [0, 0.1) is 0 Å². The van der Waals surface area contributed by atoms with Crippen molar-refractivity contribution in [3.63, 3.8) is 0 Å². The molecule has 1 amide bonds. The summed E-state index contributed by atoms with van der Waals surface area (Å²) in [5.41, 5.74) is 2.33. The highest BCUT2D eigenvalue weighted by atomic mass is 35.5. The maximum Gasteiger partial charge on any atom is 0.271 e. The molecule has 0 aliphatic heterocycles. The summed E-state index contributed by atoms with van der Waals surface area (Å²) in [6.45, 7) is 0. The van der Waals surface area contributed by atoms with Gasteiger partial charge in [0.2, 0.25) is 0 Å². The number of benzene rings is 1. The summed E-state index contributed by atoms with van der Waals surface area (Å²) >= 11 is 12.3. The van der Waals surface area contributed by atoms with Crippen molar-refractivity contribution in [1.82, 2.24) is 25.1 Å². The zero-order valence-corrected chi connectivity index (χ0v) is 16.2. The molecule has 1 aliphatic rings. The number of fused-ring (bicyclic) bond motifs is 1. The van der Waals surface area contributed by atoms with Crippen LogP contribution >= 0.6 is 23.2 Å². The summed E-state index contributed by atoms with van der Waals surface area (Å²) in [5.74, 6) is -0.188. The molecule has 1 fully saturated rings. The number of rotatable bonds is 3. The molecule has 0 spiro atoms. The summed E-state index contributed by atoms with van der Waals surface area (Å²) in [6.07, 6.45) is 8.26. The van der Waals surface area contributed by atoms with Crippen LogP contribution < -0.4 is 5.32 Å². The number of carbonyl (C=O) groups is 1. The van der Waals surface area contributed by atoms with E-state index in [-0.39, 0.29) is 11.9 Å². The largest absolute Gasteiger partial charge is 0.348 e. The first-order chi connectivity index (χ1) is 13.1. The average molecular weight is 404 g/mol. The van der Waals surface area contributed by atoms with Gasteiger partial charge in [0.25, 0.3) is 5.91 Å². The number of aromatic nitrogens is 4. The predicted molar refractivity (Wildman–Crippen MR) is 105 cm³/mol. The third-order valence-electron chi connectivity index (χ3n) is 4.86. The van der Waals surface area contributed by atoms with Gasteiger partial charge in [-0.1, -0.05) is 48.9 Å². The van der Waals surface area contributed by atoms with Crippen LogP contribution in [0.2, 0.25) is 10.0 Å². The smallest absolute Gasteiger partial charge is 0.271 e. The first-order valence-corrected chi connectivity index (χ1v) is 9.84. The van der Waals surface area contributed by atoms with Crippen molar-refractivity contribution in [2.75, 3.05) is 0 Å². The van der Waals surface area contributed by atoms with E-state index in [0.29, 0.717) is 26.9 Å². The molecule has 1 aliphatic carbocycles. The van der Waals surface area contributed by atoms with Gasteiger partial charge in [-0.2, -0.15) is 9.61 Å². The lowest BCUT2D eigenvalue weighted by molar-refractivity contribution is 0.0927. The van der Waals surface area contributed by atoms with Crippen molar-refractivity contribution in [2.24, 2.45) is 0 Å². The minimum absolute atomic E-state index is 0.188. The second-order valence-electron chi connectivity index (χ2n) is 6.86. The number of hydrogen-bond donors (Lipinski definition) is 1. The molecule has 27 heavy (non-hydrogen) atoms. The zero-order chi connectivity index (χ0) is 18.8. The monoisotopic (exact) mass is 403 g/mol. The van der Waals surface area contributed by atoms with Crippen LogP contribution in [0.25, 0.3) is 16.8 Å².